The van der Waals surface area contributed by atoms with Gasteiger partial charge in [-0.05, 0) is 188 Å². The number of hydrogen-bond acceptors (Lipinski definition) is 27. The maximum Gasteiger partial charge on any atom is 0.290 e. The minimum Gasteiger partial charge on any atom is -0.490 e. The van der Waals surface area contributed by atoms with Crippen molar-refractivity contribution in [3.63, 3.8) is 0 Å². The van der Waals surface area contributed by atoms with Gasteiger partial charge in [0.15, 0.2) is 45.4 Å². The molecule has 40 heteroatoms. The fraction of sp³-hybridized carbons (Fsp3) is 0.506. The fourth-order valence-corrected chi connectivity index (χ4v) is 15.3. The van der Waals surface area contributed by atoms with E-state index in [-0.39, 0.29) is 150 Å². The summed E-state index contributed by atoms with van der Waals surface area (Å²) in [5.74, 6) is 1.83. The number of nitriles is 2. The maximum absolute atomic E-state index is 13.0. The summed E-state index contributed by atoms with van der Waals surface area (Å²) < 4.78 is 12.0. The Balaban J connectivity index is 0.000000291. The fourth-order valence-electron chi connectivity index (χ4n) is 14.7. The minimum atomic E-state index is -0.762. The van der Waals surface area contributed by atoms with Gasteiger partial charge in [0.1, 0.15) is 35.7 Å². The SMILES string of the molecule is C.C.Cl.N#Cc1ccc(OC2CCC(NC(=O)c3ccc(Cl)nn3)CC2)cc1Cl.N#Cc1ccc(OC2CCC(NC(=O)c3ccc(N4CCC(CN5CCN(c6ccc(C(=O)NC7CCC(=O)NC7=O)nn6)CC5)CC4)nn3)CC2)cc1Cl.O=C1CCC(NC(=O)c2ccc(N3CCN(CC4CCNCC4)CC3)nn2)C(=O)N1.O=CO.[B].[V]. The van der Waals surface area contributed by atoms with Crippen LogP contribution in [0.1, 0.15) is 171 Å². The van der Waals surface area contributed by atoms with Crippen LogP contribution in [-0.4, -0.2) is 246 Å². The number of piperidine rings is 4. The van der Waals surface area contributed by atoms with Crippen molar-refractivity contribution < 1.29 is 76.3 Å². The zero-order chi connectivity index (χ0) is 80.5. The molecule has 8 fully saturated rings. The molecule has 8 aliphatic rings. The number of anilines is 3. The first-order valence-corrected chi connectivity index (χ1v) is 39.5. The molecule has 8 amide bonds. The van der Waals surface area contributed by atoms with Gasteiger partial charge >= 0.3 is 0 Å². The normalized spacial score (nSPS) is 20.7. The van der Waals surface area contributed by atoms with Gasteiger partial charge in [-0.2, -0.15) is 10.5 Å². The van der Waals surface area contributed by atoms with Crippen molar-refractivity contribution in [2.24, 2.45) is 11.8 Å². The van der Waals surface area contributed by atoms with Gasteiger partial charge in [-0.25, -0.2) is 0 Å². The van der Waals surface area contributed by atoms with Crippen LogP contribution in [0.2, 0.25) is 15.2 Å². The molecule has 4 radical (unpaired) electrons. The van der Waals surface area contributed by atoms with E-state index in [4.69, 9.17) is 64.7 Å². The number of halogens is 4. The molecule has 4 aromatic heterocycles. The van der Waals surface area contributed by atoms with E-state index in [0.717, 1.165) is 167 Å². The van der Waals surface area contributed by atoms with Crippen molar-refractivity contribution in [1.82, 2.24) is 87.8 Å². The number of ether oxygens (including phenoxy) is 2. The van der Waals surface area contributed by atoms with Gasteiger partial charge in [-0.1, -0.05) is 49.7 Å². The summed E-state index contributed by atoms with van der Waals surface area (Å²) in [6, 6.07) is 26.4. The molecule has 2 saturated carbocycles. The summed E-state index contributed by atoms with van der Waals surface area (Å²) in [6.45, 7) is 13.1. The van der Waals surface area contributed by atoms with Crippen molar-refractivity contribution in [3.8, 4) is 23.6 Å². The molecule has 2 aromatic carbocycles. The summed E-state index contributed by atoms with van der Waals surface area (Å²) in [4.78, 5) is 116. The maximum atomic E-state index is 13.0. The van der Waals surface area contributed by atoms with E-state index >= 15 is 0 Å². The van der Waals surface area contributed by atoms with Crippen LogP contribution in [0.3, 0.4) is 0 Å². The third-order valence-electron chi connectivity index (χ3n) is 21.2. The molecule has 0 spiro atoms. The predicted octanol–water partition coefficient (Wildman–Crippen LogP) is 6.41. The van der Waals surface area contributed by atoms with Gasteiger partial charge in [0.2, 0.25) is 23.6 Å². The molecular formula is C79H100BCl4N22O12V. The summed E-state index contributed by atoms with van der Waals surface area (Å²) in [5, 5.41) is 77.8. The van der Waals surface area contributed by atoms with Crippen LogP contribution in [0.25, 0.3) is 0 Å². The number of carbonyl (C=O) groups excluding carboxylic acids is 8. The number of imide groups is 2. The van der Waals surface area contributed by atoms with Crippen LogP contribution in [0.4, 0.5) is 17.5 Å². The summed E-state index contributed by atoms with van der Waals surface area (Å²) in [6.07, 6.45) is 12.0. The molecule has 14 rings (SSSR count). The standard InChI is InChI=1S/C38H44ClN11O5.C20H29N7O3.C18H16Cl2N4O2.CH2O2.2CH4.B.ClH.V/c39-29-21-28(4-1-25(29)22-40)55-27-5-2-26(3-6-27)41-37(53)31-7-10-33(46-44-31)49-15-13-24(14-16-49)23-48-17-19-50(20-18-48)34-11-8-32(45-47-34)38(54)42-30-9-12-35(51)43-36(30)52;28-18-4-2-15(19(29)23-18)22-20(30)16-1-3-17(25-24-16)27-11-9-26(10-12-27)13-14-5-7-21-8-6-14;19-15-9-14(4-1-11(15)10-21)26-13-5-2-12(3-6-13)22-18(25)16-7-8-17(20)24-23-16;2-1-3;;;;;/h1,4,7-8,10-11,21,24,26-27,30H,2-3,5-6,9,12-20,23H2,(H,41,53)(H,42,54)(H,43,51,52);1,3,14-15,21H,2,4-13H2,(H,22,30)(H,23,28,29);1,4,7-9,12-13H,2-3,5-6H2,(H,22,25);1H,(H,2,3);2*1H4;;1H;. The van der Waals surface area contributed by atoms with Gasteiger partial charge in [0, 0.05) is 143 Å². The number of amides is 8. The first-order chi connectivity index (χ1) is 55.2. The number of nitrogens with one attached hydrogen (secondary N) is 7. The molecule has 34 nitrogen and oxygen atoms in total. The molecule has 10 heterocycles. The quantitative estimate of drug-likeness (QED) is 0.0247. The Morgan fingerprint density at radius 3 is 1.14 bits per heavy atom. The van der Waals surface area contributed by atoms with E-state index in [9.17, 15) is 38.4 Å². The zero-order valence-electron chi connectivity index (χ0n) is 64.2. The Morgan fingerprint density at radius 1 is 0.471 bits per heavy atom. The third-order valence-corrected chi connectivity index (χ3v) is 22.0. The second kappa shape index (κ2) is 49.0. The summed E-state index contributed by atoms with van der Waals surface area (Å²) in [5.41, 5.74) is 1.68. The first-order valence-electron chi connectivity index (χ1n) is 38.4. The van der Waals surface area contributed by atoms with E-state index in [1.54, 1.807) is 72.8 Å². The number of benzene rings is 2. The Labute approximate surface area is 726 Å². The molecule has 6 saturated heterocycles. The molecule has 119 heavy (non-hydrogen) atoms. The van der Waals surface area contributed by atoms with Crippen molar-refractivity contribution in [2.45, 2.75) is 154 Å². The Hall–Kier alpha value is -9.94. The van der Waals surface area contributed by atoms with Gasteiger partial charge in [-0.3, -0.25) is 63.6 Å². The molecule has 2 atom stereocenters. The zero-order valence-corrected chi connectivity index (χ0v) is 68.7. The molecule has 0 bridgehead atoms. The van der Waals surface area contributed by atoms with E-state index in [1.165, 1.54) is 25.5 Å². The van der Waals surface area contributed by atoms with Crippen LogP contribution < -0.4 is 61.4 Å². The van der Waals surface area contributed by atoms with Crippen LogP contribution in [0.5, 0.6) is 11.5 Å². The second-order valence-electron chi connectivity index (χ2n) is 29.0. The molecular weight excluding hydrogens is 1650 g/mol. The molecule has 6 aromatic rings. The topological polar surface area (TPSA) is 443 Å². The van der Waals surface area contributed by atoms with E-state index < -0.39 is 35.7 Å². The predicted molar refractivity (Wildman–Crippen MR) is 444 cm³/mol. The van der Waals surface area contributed by atoms with E-state index in [0.29, 0.717) is 56.5 Å². The monoisotopic (exact) mass is 1750 g/mol. The third kappa shape index (κ3) is 29.2. The van der Waals surface area contributed by atoms with Crippen molar-refractivity contribution in [2.75, 3.05) is 106 Å². The van der Waals surface area contributed by atoms with Gasteiger partial charge in [0.05, 0.1) is 33.4 Å². The van der Waals surface area contributed by atoms with Crippen LogP contribution in [0.15, 0.2) is 84.9 Å². The molecule has 2 unspecified atom stereocenters. The average molecular weight is 1750 g/mol. The smallest absolute Gasteiger partial charge is 0.290 e. The van der Waals surface area contributed by atoms with Gasteiger partial charge in [-0.15, -0.1) is 53.2 Å². The number of piperazine rings is 2. The van der Waals surface area contributed by atoms with Crippen LogP contribution in [-0.2, 0) is 42.5 Å². The van der Waals surface area contributed by atoms with Crippen molar-refractivity contribution in [1.29, 1.82) is 10.5 Å². The van der Waals surface area contributed by atoms with Gasteiger partial charge in [0.25, 0.3) is 30.1 Å². The second-order valence-corrected chi connectivity index (χ2v) is 30.2. The summed E-state index contributed by atoms with van der Waals surface area (Å²) >= 11 is 17.8. The Morgan fingerprint density at radius 2 is 0.815 bits per heavy atom. The first kappa shape index (κ1) is 97.9. The van der Waals surface area contributed by atoms with Crippen molar-refractivity contribution in [3.05, 3.63) is 134 Å². The number of carboxylic acid groups (broad SMARTS) is 1. The Kier molecular flexibility index (Phi) is 40.3. The average Bonchev–Trinajstić information content (AvgIpc) is 0.834. The molecule has 634 valence electrons. The van der Waals surface area contributed by atoms with E-state index in [1.807, 2.05) is 12.1 Å². The number of carbonyl (C=O) groups is 9. The van der Waals surface area contributed by atoms with Gasteiger partial charge < -0.3 is 55.9 Å². The molecule has 6 aliphatic heterocycles. The molecule has 2 aliphatic carbocycles. The van der Waals surface area contributed by atoms with Crippen LogP contribution >= 0.6 is 47.2 Å². The number of nitrogens with zero attached hydrogens (tertiary/aromatic N) is 15. The van der Waals surface area contributed by atoms with Crippen molar-refractivity contribution >= 4 is 127 Å². The van der Waals surface area contributed by atoms with Crippen LogP contribution in [0, 0.1) is 34.5 Å². The largest absolute Gasteiger partial charge is 0.490 e. The summed E-state index contributed by atoms with van der Waals surface area (Å²) in [7, 11) is 0. The minimum absolute atomic E-state index is 0. The molecule has 8 N–H and O–H groups in total. The Bertz CT molecular complexity index is 4410. The number of hydrogen-bond donors (Lipinski definition) is 8. The number of rotatable bonds is 19. The number of aromatic nitrogens is 8. The van der Waals surface area contributed by atoms with E-state index in [2.05, 4.69) is 109 Å².